The van der Waals surface area contributed by atoms with Crippen molar-refractivity contribution in [1.82, 2.24) is 15.1 Å². The monoisotopic (exact) mass is 279 g/mol. The maximum atomic E-state index is 12.5. The normalized spacial score (nSPS) is 36.3. The molecule has 3 aliphatic rings. The van der Waals surface area contributed by atoms with Gasteiger partial charge in [-0.2, -0.15) is 0 Å². The maximum absolute atomic E-state index is 12.5. The summed E-state index contributed by atoms with van der Waals surface area (Å²) in [6.07, 6.45) is 1.80. The molecule has 0 aliphatic carbocycles. The SMILES string of the molecule is CNC1CC2C(=O)N3CC(CC(C)=O)CC3C(=O)N2C1. The van der Waals surface area contributed by atoms with Crippen LogP contribution in [0.5, 0.6) is 0 Å². The average Bonchev–Trinajstić information content (AvgIpc) is 2.99. The molecular weight excluding hydrogens is 258 g/mol. The van der Waals surface area contributed by atoms with Gasteiger partial charge in [-0.3, -0.25) is 9.59 Å². The number of nitrogens with one attached hydrogen (secondary N) is 1. The molecule has 2 amide bonds. The van der Waals surface area contributed by atoms with E-state index in [0.29, 0.717) is 32.4 Å². The highest BCUT2D eigenvalue weighted by Crippen LogP contribution is 2.35. The molecule has 3 rings (SSSR count). The van der Waals surface area contributed by atoms with Crippen LogP contribution in [0.15, 0.2) is 0 Å². The van der Waals surface area contributed by atoms with E-state index in [9.17, 15) is 14.4 Å². The molecule has 20 heavy (non-hydrogen) atoms. The van der Waals surface area contributed by atoms with Crippen molar-refractivity contribution in [3.63, 3.8) is 0 Å². The zero-order valence-corrected chi connectivity index (χ0v) is 12.0. The number of fused-ring (bicyclic) bond motifs is 2. The number of likely N-dealkylation sites (N-methyl/N-ethyl adjacent to an activating group) is 1. The molecule has 0 radical (unpaired) electrons. The van der Waals surface area contributed by atoms with Crippen LogP contribution in [0.3, 0.4) is 0 Å². The van der Waals surface area contributed by atoms with E-state index < -0.39 is 0 Å². The molecule has 0 spiro atoms. The number of Topliss-reactive ketones (excluding diaryl/α,β-unsaturated/α-hetero) is 1. The van der Waals surface area contributed by atoms with Gasteiger partial charge in [0.2, 0.25) is 11.8 Å². The molecule has 3 aliphatic heterocycles. The quantitative estimate of drug-likeness (QED) is 0.748. The molecule has 6 heteroatoms. The summed E-state index contributed by atoms with van der Waals surface area (Å²) in [5.74, 6) is 0.410. The largest absolute Gasteiger partial charge is 0.329 e. The van der Waals surface area contributed by atoms with Crippen LogP contribution in [0.25, 0.3) is 0 Å². The average molecular weight is 279 g/mol. The van der Waals surface area contributed by atoms with Crippen LogP contribution in [0, 0.1) is 5.92 Å². The Morgan fingerprint density at radius 3 is 2.35 bits per heavy atom. The number of ketones is 1. The van der Waals surface area contributed by atoms with Gasteiger partial charge < -0.3 is 19.9 Å². The molecule has 3 fully saturated rings. The third kappa shape index (κ3) is 2.02. The van der Waals surface area contributed by atoms with Gasteiger partial charge in [0.1, 0.15) is 17.9 Å². The molecule has 4 unspecified atom stereocenters. The van der Waals surface area contributed by atoms with Crippen molar-refractivity contribution in [2.45, 2.75) is 44.3 Å². The fourth-order valence-corrected chi connectivity index (χ4v) is 3.86. The molecule has 110 valence electrons. The van der Waals surface area contributed by atoms with Gasteiger partial charge >= 0.3 is 0 Å². The lowest BCUT2D eigenvalue weighted by Crippen LogP contribution is -2.60. The number of nitrogens with zero attached hydrogens (tertiary/aromatic N) is 2. The molecule has 0 bridgehead atoms. The lowest BCUT2D eigenvalue weighted by atomic mass is 9.99. The predicted molar refractivity (Wildman–Crippen MR) is 71.9 cm³/mol. The summed E-state index contributed by atoms with van der Waals surface area (Å²) >= 11 is 0. The Balaban J connectivity index is 1.78. The number of carbonyl (C=O) groups excluding carboxylic acids is 3. The van der Waals surface area contributed by atoms with E-state index in [1.54, 1.807) is 16.7 Å². The van der Waals surface area contributed by atoms with E-state index in [1.807, 2.05) is 7.05 Å². The van der Waals surface area contributed by atoms with Crippen molar-refractivity contribution >= 4 is 17.6 Å². The predicted octanol–water partition coefficient (Wildman–Crippen LogP) is -0.615. The van der Waals surface area contributed by atoms with Gasteiger partial charge in [-0.15, -0.1) is 0 Å². The topological polar surface area (TPSA) is 69.7 Å². The molecule has 4 atom stereocenters. The van der Waals surface area contributed by atoms with Crippen molar-refractivity contribution in [3.05, 3.63) is 0 Å². The second kappa shape index (κ2) is 4.84. The minimum atomic E-state index is -0.335. The number of carbonyl (C=O) groups is 3. The van der Waals surface area contributed by atoms with Crippen molar-refractivity contribution in [3.8, 4) is 0 Å². The number of piperazine rings is 1. The first kappa shape index (κ1) is 13.5. The van der Waals surface area contributed by atoms with Crippen LogP contribution in [-0.4, -0.2) is 65.7 Å². The Kier molecular flexibility index (Phi) is 3.28. The van der Waals surface area contributed by atoms with E-state index in [0.717, 1.165) is 0 Å². The maximum Gasteiger partial charge on any atom is 0.246 e. The highest BCUT2D eigenvalue weighted by Gasteiger charge is 2.53. The third-order valence-corrected chi connectivity index (χ3v) is 4.81. The van der Waals surface area contributed by atoms with Crippen LogP contribution in [-0.2, 0) is 14.4 Å². The lowest BCUT2D eigenvalue weighted by molar-refractivity contribution is -0.156. The molecular formula is C14H21N3O3. The minimum absolute atomic E-state index is 0.0680. The molecule has 0 saturated carbocycles. The van der Waals surface area contributed by atoms with Gasteiger partial charge in [-0.25, -0.2) is 0 Å². The fourth-order valence-electron chi connectivity index (χ4n) is 3.86. The third-order valence-electron chi connectivity index (χ3n) is 4.81. The van der Waals surface area contributed by atoms with Crippen LogP contribution >= 0.6 is 0 Å². The van der Waals surface area contributed by atoms with Gasteiger partial charge in [0, 0.05) is 25.6 Å². The summed E-state index contributed by atoms with van der Waals surface area (Å²) in [7, 11) is 1.86. The Morgan fingerprint density at radius 1 is 1.15 bits per heavy atom. The molecule has 3 saturated heterocycles. The smallest absolute Gasteiger partial charge is 0.246 e. The first-order valence-electron chi connectivity index (χ1n) is 7.29. The molecule has 3 heterocycles. The second-order valence-electron chi connectivity index (χ2n) is 6.24. The van der Waals surface area contributed by atoms with E-state index in [-0.39, 0.29) is 41.6 Å². The minimum Gasteiger partial charge on any atom is -0.329 e. The van der Waals surface area contributed by atoms with Crippen LogP contribution < -0.4 is 5.32 Å². The van der Waals surface area contributed by atoms with Crippen LogP contribution in [0.2, 0.25) is 0 Å². The van der Waals surface area contributed by atoms with E-state index in [1.165, 1.54) is 0 Å². The summed E-state index contributed by atoms with van der Waals surface area (Å²) in [5.41, 5.74) is 0. The van der Waals surface area contributed by atoms with Crippen molar-refractivity contribution in [1.29, 1.82) is 0 Å². The van der Waals surface area contributed by atoms with Gasteiger partial charge in [0.05, 0.1) is 0 Å². The highest BCUT2D eigenvalue weighted by molar-refractivity contribution is 5.98. The number of hydrogen-bond acceptors (Lipinski definition) is 4. The summed E-state index contributed by atoms with van der Waals surface area (Å²) in [6, 6.07) is -0.424. The summed E-state index contributed by atoms with van der Waals surface area (Å²) in [4.78, 5) is 39.8. The highest BCUT2D eigenvalue weighted by atomic mass is 16.2. The van der Waals surface area contributed by atoms with Crippen molar-refractivity contribution in [2.24, 2.45) is 5.92 Å². The molecule has 0 aromatic heterocycles. The van der Waals surface area contributed by atoms with E-state index in [4.69, 9.17) is 0 Å². The molecule has 0 aromatic carbocycles. The molecule has 1 N–H and O–H groups in total. The summed E-state index contributed by atoms with van der Waals surface area (Å²) < 4.78 is 0. The Bertz CT molecular complexity index is 433. The first-order valence-corrected chi connectivity index (χ1v) is 7.29. The Hall–Kier alpha value is -1.43. The van der Waals surface area contributed by atoms with Crippen molar-refractivity contribution < 1.29 is 14.4 Å². The fraction of sp³-hybridized carbons (Fsp3) is 0.786. The Morgan fingerprint density at radius 2 is 1.75 bits per heavy atom. The second-order valence-corrected chi connectivity index (χ2v) is 6.24. The number of hydrogen-bond donors (Lipinski definition) is 1. The number of amides is 2. The van der Waals surface area contributed by atoms with Crippen molar-refractivity contribution in [2.75, 3.05) is 20.1 Å². The summed E-state index contributed by atoms with van der Waals surface area (Å²) in [5, 5.41) is 3.15. The van der Waals surface area contributed by atoms with Gasteiger partial charge in [-0.05, 0) is 32.7 Å². The zero-order chi connectivity index (χ0) is 14.4. The van der Waals surface area contributed by atoms with Gasteiger partial charge in [0.25, 0.3) is 0 Å². The van der Waals surface area contributed by atoms with Crippen LogP contribution in [0.1, 0.15) is 26.2 Å². The summed E-state index contributed by atoms with van der Waals surface area (Å²) in [6.45, 7) is 2.74. The van der Waals surface area contributed by atoms with E-state index >= 15 is 0 Å². The van der Waals surface area contributed by atoms with Gasteiger partial charge in [-0.1, -0.05) is 0 Å². The first-order chi connectivity index (χ1) is 9.51. The molecule has 6 nitrogen and oxygen atoms in total. The van der Waals surface area contributed by atoms with Gasteiger partial charge in [0.15, 0.2) is 0 Å². The number of rotatable bonds is 3. The Labute approximate surface area is 118 Å². The standard InChI is InChI=1S/C14H21N3O3/c1-8(18)3-9-4-11-13(19)17-7-10(15-2)5-12(17)14(20)16(11)6-9/h9-12,15H,3-7H2,1-2H3. The molecule has 0 aromatic rings. The van der Waals surface area contributed by atoms with Crippen LogP contribution in [0.4, 0.5) is 0 Å². The lowest BCUT2D eigenvalue weighted by Gasteiger charge is -2.38. The van der Waals surface area contributed by atoms with E-state index in [2.05, 4.69) is 5.32 Å². The zero-order valence-electron chi connectivity index (χ0n) is 12.0.